The lowest BCUT2D eigenvalue weighted by atomic mass is 10.1. The average molecular weight is 259 g/mol. The molecule has 0 spiro atoms. The summed E-state index contributed by atoms with van der Waals surface area (Å²) in [6.45, 7) is 1.02. The first-order chi connectivity index (χ1) is 9.36. The Morgan fingerprint density at radius 3 is 3.11 bits per heavy atom. The molecule has 2 heterocycles. The molecule has 3 rings (SSSR count). The molecule has 0 saturated carbocycles. The minimum Gasteiger partial charge on any atom is -0.497 e. The number of nitrogens with zero attached hydrogens (tertiary/aromatic N) is 2. The van der Waals surface area contributed by atoms with Crippen LogP contribution in [-0.2, 0) is 0 Å². The summed E-state index contributed by atoms with van der Waals surface area (Å²) in [4.78, 5) is 4.48. The molecule has 0 radical (unpaired) electrons. The second kappa shape index (κ2) is 5.40. The Balaban J connectivity index is 1.83. The van der Waals surface area contributed by atoms with Gasteiger partial charge in [0.05, 0.1) is 13.2 Å². The molecule has 2 aromatic rings. The smallest absolute Gasteiger partial charge is 0.244 e. The van der Waals surface area contributed by atoms with Crippen molar-refractivity contribution in [3.63, 3.8) is 0 Å². The van der Waals surface area contributed by atoms with Crippen LogP contribution in [0.4, 0.5) is 0 Å². The average Bonchev–Trinajstić information content (AvgIpc) is 2.98. The van der Waals surface area contributed by atoms with Crippen molar-refractivity contribution in [2.75, 3.05) is 13.7 Å². The molecule has 1 aromatic carbocycles. The highest BCUT2D eigenvalue weighted by molar-refractivity contribution is 5.56. The molecule has 1 saturated heterocycles. The molecule has 0 amide bonds. The molecule has 0 aliphatic carbocycles. The van der Waals surface area contributed by atoms with E-state index in [0.29, 0.717) is 11.7 Å². The van der Waals surface area contributed by atoms with E-state index >= 15 is 0 Å². The quantitative estimate of drug-likeness (QED) is 0.918. The molecule has 0 unspecified atom stereocenters. The van der Waals surface area contributed by atoms with Crippen LogP contribution < -0.4 is 10.1 Å². The van der Waals surface area contributed by atoms with Gasteiger partial charge in [-0.25, -0.2) is 0 Å². The third-order valence-electron chi connectivity index (χ3n) is 3.38. The Hall–Kier alpha value is -1.88. The Morgan fingerprint density at radius 2 is 2.32 bits per heavy atom. The van der Waals surface area contributed by atoms with Gasteiger partial charge in [0, 0.05) is 5.56 Å². The predicted octanol–water partition coefficient (Wildman–Crippen LogP) is 2.56. The van der Waals surface area contributed by atoms with Crippen LogP contribution in [0.15, 0.2) is 28.8 Å². The fourth-order valence-corrected chi connectivity index (χ4v) is 2.32. The number of piperidine rings is 1. The maximum Gasteiger partial charge on any atom is 0.244 e. The largest absolute Gasteiger partial charge is 0.497 e. The standard InChI is InChI=1S/C14H17N3O2/c1-18-11-6-4-5-10(9-11)13-16-14(19-17-13)12-7-2-3-8-15-12/h4-6,9,12,15H,2-3,7-8H2,1H3/t12-/m1/s1. The van der Waals surface area contributed by atoms with Gasteiger partial charge < -0.3 is 14.6 Å². The highest BCUT2D eigenvalue weighted by Crippen LogP contribution is 2.25. The first kappa shape index (κ1) is 12.2. The Bertz CT molecular complexity index is 547. The maximum atomic E-state index is 5.37. The van der Waals surface area contributed by atoms with Gasteiger partial charge in [0.15, 0.2) is 0 Å². The maximum absolute atomic E-state index is 5.37. The summed E-state index contributed by atoms with van der Waals surface area (Å²) >= 11 is 0. The van der Waals surface area contributed by atoms with E-state index in [9.17, 15) is 0 Å². The number of hydrogen-bond donors (Lipinski definition) is 1. The van der Waals surface area contributed by atoms with Crippen LogP contribution in [-0.4, -0.2) is 23.8 Å². The van der Waals surface area contributed by atoms with Crippen molar-refractivity contribution in [2.45, 2.75) is 25.3 Å². The summed E-state index contributed by atoms with van der Waals surface area (Å²) in [5.74, 6) is 2.08. The molecule has 19 heavy (non-hydrogen) atoms. The lowest BCUT2D eigenvalue weighted by Crippen LogP contribution is -2.26. The molecule has 1 atom stereocenters. The van der Waals surface area contributed by atoms with Gasteiger partial charge in [0.1, 0.15) is 5.75 Å². The zero-order chi connectivity index (χ0) is 13.1. The van der Waals surface area contributed by atoms with Gasteiger partial charge >= 0.3 is 0 Å². The number of aromatic nitrogens is 2. The number of nitrogens with one attached hydrogen (secondary N) is 1. The number of ether oxygens (including phenoxy) is 1. The number of rotatable bonds is 3. The Labute approximate surface area is 112 Å². The summed E-state index contributed by atoms with van der Waals surface area (Å²) < 4.78 is 10.6. The summed E-state index contributed by atoms with van der Waals surface area (Å²) in [6.07, 6.45) is 3.47. The van der Waals surface area contributed by atoms with Crippen molar-refractivity contribution < 1.29 is 9.26 Å². The first-order valence-electron chi connectivity index (χ1n) is 6.58. The van der Waals surface area contributed by atoms with E-state index in [2.05, 4.69) is 15.5 Å². The number of methoxy groups -OCH3 is 1. The molecule has 0 bridgehead atoms. The highest BCUT2D eigenvalue weighted by atomic mass is 16.5. The molecule has 1 aromatic heterocycles. The van der Waals surface area contributed by atoms with E-state index in [1.807, 2.05) is 24.3 Å². The minimum absolute atomic E-state index is 0.195. The number of hydrogen-bond acceptors (Lipinski definition) is 5. The predicted molar refractivity (Wildman–Crippen MR) is 70.9 cm³/mol. The second-order valence-corrected chi connectivity index (χ2v) is 4.69. The minimum atomic E-state index is 0.195. The van der Waals surface area contributed by atoms with Gasteiger partial charge in [-0.1, -0.05) is 23.7 Å². The Morgan fingerprint density at radius 1 is 1.37 bits per heavy atom. The van der Waals surface area contributed by atoms with Crippen molar-refractivity contribution in [3.05, 3.63) is 30.2 Å². The van der Waals surface area contributed by atoms with Gasteiger partial charge in [-0.2, -0.15) is 4.98 Å². The molecular weight excluding hydrogens is 242 g/mol. The van der Waals surface area contributed by atoms with Crippen LogP contribution in [0.5, 0.6) is 5.75 Å². The highest BCUT2D eigenvalue weighted by Gasteiger charge is 2.21. The molecule has 1 aliphatic rings. The van der Waals surface area contributed by atoms with Crippen LogP contribution in [0, 0.1) is 0 Å². The van der Waals surface area contributed by atoms with Crippen molar-refractivity contribution in [1.29, 1.82) is 0 Å². The van der Waals surface area contributed by atoms with E-state index in [4.69, 9.17) is 9.26 Å². The second-order valence-electron chi connectivity index (χ2n) is 4.69. The van der Waals surface area contributed by atoms with Crippen molar-refractivity contribution in [3.8, 4) is 17.1 Å². The molecule has 5 heteroatoms. The van der Waals surface area contributed by atoms with Crippen LogP contribution in [0.2, 0.25) is 0 Å². The molecule has 1 N–H and O–H groups in total. The van der Waals surface area contributed by atoms with E-state index in [-0.39, 0.29) is 6.04 Å². The van der Waals surface area contributed by atoms with Gasteiger partial charge in [-0.15, -0.1) is 0 Å². The molecule has 100 valence electrons. The van der Waals surface area contributed by atoms with Gasteiger partial charge in [-0.05, 0) is 31.5 Å². The summed E-state index contributed by atoms with van der Waals surface area (Å²) in [5.41, 5.74) is 0.908. The fourth-order valence-electron chi connectivity index (χ4n) is 2.32. The first-order valence-corrected chi connectivity index (χ1v) is 6.58. The monoisotopic (exact) mass is 259 g/mol. The van der Waals surface area contributed by atoms with Crippen molar-refractivity contribution in [1.82, 2.24) is 15.5 Å². The number of benzene rings is 1. The van der Waals surface area contributed by atoms with Crippen LogP contribution in [0.3, 0.4) is 0 Å². The van der Waals surface area contributed by atoms with Gasteiger partial charge in [0.25, 0.3) is 0 Å². The zero-order valence-corrected chi connectivity index (χ0v) is 10.9. The molecule has 5 nitrogen and oxygen atoms in total. The summed E-state index contributed by atoms with van der Waals surface area (Å²) in [6, 6.07) is 7.87. The fraction of sp³-hybridized carbons (Fsp3) is 0.429. The third kappa shape index (κ3) is 2.61. The third-order valence-corrected chi connectivity index (χ3v) is 3.38. The lowest BCUT2D eigenvalue weighted by molar-refractivity contribution is 0.297. The van der Waals surface area contributed by atoms with E-state index in [1.54, 1.807) is 7.11 Å². The van der Waals surface area contributed by atoms with Gasteiger partial charge in [-0.3, -0.25) is 0 Å². The SMILES string of the molecule is COc1cccc(-c2noc([C@H]3CCCCN3)n2)c1. The topological polar surface area (TPSA) is 60.2 Å². The van der Waals surface area contributed by atoms with Crippen molar-refractivity contribution >= 4 is 0 Å². The van der Waals surface area contributed by atoms with E-state index in [0.717, 1.165) is 24.3 Å². The van der Waals surface area contributed by atoms with Crippen molar-refractivity contribution in [2.24, 2.45) is 0 Å². The normalized spacial score (nSPS) is 19.3. The lowest BCUT2D eigenvalue weighted by Gasteiger charge is -2.19. The molecule has 1 fully saturated rings. The van der Waals surface area contributed by atoms with Crippen LogP contribution in [0.25, 0.3) is 11.4 Å². The Kier molecular flexibility index (Phi) is 3.46. The van der Waals surface area contributed by atoms with Crippen LogP contribution in [0.1, 0.15) is 31.2 Å². The summed E-state index contributed by atoms with van der Waals surface area (Å²) in [7, 11) is 1.65. The van der Waals surface area contributed by atoms with Crippen LogP contribution >= 0.6 is 0 Å². The van der Waals surface area contributed by atoms with E-state index < -0.39 is 0 Å². The van der Waals surface area contributed by atoms with E-state index in [1.165, 1.54) is 12.8 Å². The zero-order valence-electron chi connectivity index (χ0n) is 10.9. The molecule has 1 aliphatic heterocycles. The van der Waals surface area contributed by atoms with Gasteiger partial charge in [0.2, 0.25) is 11.7 Å². The molecular formula is C14H17N3O2. The summed E-state index contributed by atoms with van der Waals surface area (Å²) in [5, 5.41) is 7.46.